The number of hydrogen-bond donors (Lipinski definition) is 0. The molecule has 1 amide bonds. The number of aromatic nitrogens is 2. The Morgan fingerprint density at radius 3 is 2.59 bits per heavy atom. The normalized spacial score (nSPS) is 11.0. The molecule has 4 aromatic rings. The van der Waals surface area contributed by atoms with Crippen molar-refractivity contribution in [3.63, 3.8) is 0 Å². The van der Waals surface area contributed by atoms with Gasteiger partial charge in [-0.25, -0.2) is 0 Å². The molecule has 0 N–H and O–H groups in total. The molecule has 1 aromatic heterocycles. The van der Waals surface area contributed by atoms with Gasteiger partial charge in [0.2, 0.25) is 17.6 Å². The first-order valence-electron chi connectivity index (χ1n) is 9.47. The van der Waals surface area contributed by atoms with Gasteiger partial charge in [0.15, 0.2) is 0 Å². The Bertz CT molecular complexity index is 1130. The number of carbonyl (C=O) groups excluding carboxylic acids is 1. The summed E-state index contributed by atoms with van der Waals surface area (Å²) in [7, 11) is 0. The summed E-state index contributed by atoms with van der Waals surface area (Å²) in [5, 5.41) is 6.90. The zero-order valence-corrected chi connectivity index (χ0v) is 16.8. The van der Waals surface area contributed by atoms with Gasteiger partial charge in [0, 0.05) is 17.1 Å². The highest BCUT2D eigenvalue weighted by atomic mass is 35.5. The van der Waals surface area contributed by atoms with E-state index in [1.54, 1.807) is 17.0 Å². The van der Waals surface area contributed by atoms with Crippen molar-refractivity contribution in [3.8, 4) is 11.4 Å². The molecule has 0 spiro atoms. The smallest absolute Gasteiger partial charge is 0.246 e. The first-order valence-corrected chi connectivity index (χ1v) is 9.85. The average molecular weight is 406 g/mol. The molecule has 0 aliphatic carbocycles. The van der Waals surface area contributed by atoms with Crippen molar-refractivity contribution in [2.75, 3.05) is 6.54 Å². The maximum Gasteiger partial charge on any atom is 0.246 e. The number of amides is 1. The summed E-state index contributed by atoms with van der Waals surface area (Å²) in [4.78, 5) is 19.1. The van der Waals surface area contributed by atoms with Gasteiger partial charge in [-0.1, -0.05) is 59.2 Å². The maximum atomic E-state index is 12.9. The molecular weight excluding hydrogens is 386 g/mol. The molecule has 4 rings (SSSR count). The SMILES string of the molecule is CCN(Cc1nc(-c2ccc(Cl)cc2)no1)C(=O)Cc1cccc2ccccc12. The standard InChI is InChI=1S/C23H20ClN3O2/c1-2-27(15-21-25-23(26-29-21)17-10-12-19(24)13-11-17)22(28)14-18-8-5-7-16-6-3-4-9-20(16)18/h3-13H,2,14-15H2,1H3. The lowest BCUT2D eigenvalue weighted by Crippen LogP contribution is -2.31. The molecule has 0 fully saturated rings. The highest BCUT2D eigenvalue weighted by Gasteiger charge is 2.18. The van der Waals surface area contributed by atoms with E-state index in [1.165, 1.54) is 0 Å². The molecule has 0 unspecified atom stereocenters. The van der Waals surface area contributed by atoms with Crippen LogP contribution in [0, 0.1) is 0 Å². The zero-order chi connectivity index (χ0) is 20.2. The fourth-order valence-electron chi connectivity index (χ4n) is 3.30. The van der Waals surface area contributed by atoms with E-state index in [1.807, 2.05) is 49.4 Å². The lowest BCUT2D eigenvalue weighted by Gasteiger charge is -2.19. The van der Waals surface area contributed by atoms with Gasteiger partial charge in [0.05, 0.1) is 13.0 Å². The summed E-state index contributed by atoms with van der Waals surface area (Å²) in [5.41, 5.74) is 1.83. The molecule has 1 heterocycles. The van der Waals surface area contributed by atoms with Crippen molar-refractivity contribution in [1.82, 2.24) is 15.0 Å². The summed E-state index contributed by atoms with van der Waals surface area (Å²) < 4.78 is 5.36. The van der Waals surface area contributed by atoms with Gasteiger partial charge in [-0.2, -0.15) is 4.98 Å². The largest absolute Gasteiger partial charge is 0.337 e. The summed E-state index contributed by atoms with van der Waals surface area (Å²) in [6.45, 7) is 2.78. The van der Waals surface area contributed by atoms with Crippen molar-refractivity contribution in [2.24, 2.45) is 0 Å². The van der Waals surface area contributed by atoms with Crippen LogP contribution in [0.5, 0.6) is 0 Å². The molecule has 0 aliphatic rings. The quantitative estimate of drug-likeness (QED) is 0.446. The van der Waals surface area contributed by atoms with Crippen LogP contribution in [0.2, 0.25) is 5.02 Å². The van der Waals surface area contributed by atoms with E-state index in [0.717, 1.165) is 21.9 Å². The molecule has 3 aromatic carbocycles. The second-order valence-electron chi connectivity index (χ2n) is 6.74. The molecule has 0 atom stereocenters. The maximum absolute atomic E-state index is 12.9. The minimum atomic E-state index is 0.0232. The first kappa shape index (κ1) is 19.2. The Labute approximate surface area is 173 Å². The Kier molecular flexibility index (Phi) is 5.58. The number of carbonyl (C=O) groups is 1. The topological polar surface area (TPSA) is 59.2 Å². The van der Waals surface area contributed by atoms with Crippen molar-refractivity contribution >= 4 is 28.3 Å². The van der Waals surface area contributed by atoms with E-state index < -0.39 is 0 Å². The fraction of sp³-hybridized carbons (Fsp3) is 0.174. The Hall–Kier alpha value is -3.18. The molecule has 5 nitrogen and oxygen atoms in total. The molecule has 0 bridgehead atoms. The highest BCUT2D eigenvalue weighted by Crippen LogP contribution is 2.21. The van der Waals surface area contributed by atoms with Crippen LogP contribution in [0.25, 0.3) is 22.2 Å². The predicted molar refractivity (Wildman–Crippen MR) is 113 cm³/mol. The molecule has 6 heteroatoms. The minimum absolute atomic E-state index is 0.0232. The Balaban J connectivity index is 1.49. The third-order valence-corrected chi connectivity index (χ3v) is 5.10. The lowest BCUT2D eigenvalue weighted by molar-refractivity contribution is -0.131. The van der Waals surface area contributed by atoms with E-state index >= 15 is 0 Å². The van der Waals surface area contributed by atoms with Crippen LogP contribution < -0.4 is 0 Å². The van der Waals surface area contributed by atoms with Gasteiger partial charge in [-0.3, -0.25) is 4.79 Å². The van der Waals surface area contributed by atoms with Gasteiger partial charge < -0.3 is 9.42 Å². The van der Waals surface area contributed by atoms with Crippen LogP contribution in [0.3, 0.4) is 0 Å². The molecule has 0 aliphatic heterocycles. The van der Waals surface area contributed by atoms with Crippen molar-refractivity contribution in [2.45, 2.75) is 19.9 Å². The van der Waals surface area contributed by atoms with Crippen LogP contribution >= 0.6 is 11.6 Å². The van der Waals surface area contributed by atoms with Crippen LogP contribution in [0.4, 0.5) is 0 Å². The molecule has 0 saturated heterocycles. The number of fused-ring (bicyclic) bond motifs is 1. The van der Waals surface area contributed by atoms with Crippen LogP contribution in [-0.2, 0) is 17.8 Å². The second-order valence-corrected chi connectivity index (χ2v) is 7.18. The molecule has 0 radical (unpaired) electrons. The molecule has 0 saturated carbocycles. The van der Waals surface area contributed by atoms with E-state index in [-0.39, 0.29) is 12.5 Å². The predicted octanol–water partition coefficient (Wildman–Crippen LogP) is 5.13. The number of hydrogen-bond acceptors (Lipinski definition) is 4. The van der Waals surface area contributed by atoms with E-state index in [0.29, 0.717) is 29.7 Å². The van der Waals surface area contributed by atoms with E-state index in [4.69, 9.17) is 16.1 Å². The van der Waals surface area contributed by atoms with Gasteiger partial charge >= 0.3 is 0 Å². The monoisotopic (exact) mass is 405 g/mol. The number of rotatable bonds is 6. The zero-order valence-electron chi connectivity index (χ0n) is 16.0. The third kappa shape index (κ3) is 4.30. The average Bonchev–Trinajstić information content (AvgIpc) is 3.21. The summed E-state index contributed by atoms with van der Waals surface area (Å²) in [6.07, 6.45) is 0.327. The third-order valence-electron chi connectivity index (χ3n) is 4.85. The van der Waals surface area contributed by atoms with Gasteiger partial charge in [-0.15, -0.1) is 0 Å². The number of likely N-dealkylation sites (N-methyl/N-ethyl adjacent to an activating group) is 1. The molecular formula is C23H20ClN3O2. The number of benzene rings is 3. The summed E-state index contributed by atoms with van der Waals surface area (Å²) in [6, 6.07) is 21.3. The Morgan fingerprint density at radius 2 is 1.79 bits per heavy atom. The molecule has 29 heavy (non-hydrogen) atoms. The molecule has 146 valence electrons. The van der Waals surface area contributed by atoms with Crippen LogP contribution in [-0.4, -0.2) is 27.5 Å². The van der Waals surface area contributed by atoms with Crippen molar-refractivity contribution in [1.29, 1.82) is 0 Å². The minimum Gasteiger partial charge on any atom is -0.337 e. The fourth-order valence-corrected chi connectivity index (χ4v) is 3.42. The van der Waals surface area contributed by atoms with Crippen LogP contribution in [0.15, 0.2) is 71.3 Å². The summed E-state index contributed by atoms with van der Waals surface area (Å²) >= 11 is 5.92. The summed E-state index contributed by atoms with van der Waals surface area (Å²) in [5.74, 6) is 0.910. The Morgan fingerprint density at radius 1 is 1.03 bits per heavy atom. The first-order chi connectivity index (χ1) is 14.1. The van der Waals surface area contributed by atoms with Gasteiger partial charge in [0.1, 0.15) is 0 Å². The van der Waals surface area contributed by atoms with E-state index in [9.17, 15) is 4.79 Å². The van der Waals surface area contributed by atoms with Crippen molar-refractivity contribution in [3.05, 3.63) is 83.2 Å². The number of halogens is 1. The highest BCUT2D eigenvalue weighted by molar-refractivity contribution is 6.30. The lowest BCUT2D eigenvalue weighted by atomic mass is 10.0. The van der Waals surface area contributed by atoms with E-state index in [2.05, 4.69) is 22.3 Å². The second kappa shape index (κ2) is 8.45. The number of nitrogens with zero attached hydrogens (tertiary/aromatic N) is 3. The van der Waals surface area contributed by atoms with Gasteiger partial charge in [-0.05, 0) is 47.5 Å². The van der Waals surface area contributed by atoms with Crippen LogP contribution in [0.1, 0.15) is 18.4 Å². The van der Waals surface area contributed by atoms with Crippen molar-refractivity contribution < 1.29 is 9.32 Å². The van der Waals surface area contributed by atoms with Gasteiger partial charge in [0.25, 0.3) is 0 Å².